The Morgan fingerprint density at radius 3 is 2.72 bits per heavy atom. The van der Waals surface area contributed by atoms with Crippen LogP contribution in [0.3, 0.4) is 0 Å². The van der Waals surface area contributed by atoms with Gasteiger partial charge in [0.05, 0.1) is 6.10 Å². The molecule has 1 aliphatic carbocycles. The molecule has 1 amide bonds. The van der Waals surface area contributed by atoms with Gasteiger partial charge in [-0.2, -0.15) is 0 Å². The van der Waals surface area contributed by atoms with E-state index in [0.29, 0.717) is 18.6 Å². The van der Waals surface area contributed by atoms with Gasteiger partial charge in [0, 0.05) is 25.7 Å². The van der Waals surface area contributed by atoms with Crippen LogP contribution in [0.5, 0.6) is 0 Å². The second-order valence-corrected chi connectivity index (χ2v) is 6.24. The molecule has 0 spiro atoms. The summed E-state index contributed by atoms with van der Waals surface area (Å²) < 4.78 is 5.85. The van der Waals surface area contributed by atoms with Crippen LogP contribution < -0.4 is 16.0 Å². The van der Waals surface area contributed by atoms with Gasteiger partial charge in [0.15, 0.2) is 5.96 Å². The number of amides is 1. The second kappa shape index (κ2) is 10.7. The highest BCUT2D eigenvalue weighted by molar-refractivity contribution is 5.85. The maximum absolute atomic E-state index is 11.7. The number of guanidine groups is 1. The fourth-order valence-electron chi connectivity index (χ4n) is 2.35. The Morgan fingerprint density at radius 2 is 2.04 bits per heavy atom. The van der Waals surface area contributed by atoms with Gasteiger partial charge in [0.1, 0.15) is 6.54 Å². The summed E-state index contributed by atoms with van der Waals surface area (Å²) in [6.45, 7) is 6.41. The number of hydrogen-bond acceptors (Lipinski definition) is 3. The van der Waals surface area contributed by atoms with Crippen LogP contribution in [0, 0.1) is 0 Å². The van der Waals surface area contributed by atoms with Crippen molar-refractivity contribution in [2.24, 2.45) is 4.99 Å². The third kappa shape index (κ3) is 8.03. The van der Waals surface area contributed by atoms with Crippen molar-refractivity contribution in [1.29, 1.82) is 0 Å². The van der Waals surface area contributed by atoms with E-state index in [4.69, 9.17) is 4.74 Å². The number of hydrogen-bond donors (Lipinski definition) is 3. The number of rotatable bonds is 10. The summed E-state index contributed by atoms with van der Waals surface area (Å²) in [6, 6.07) is 10.6. The molecule has 138 valence electrons. The molecule has 1 fully saturated rings. The van der Waals surface area contributed by atoms with Crippen molar-refractivity contribution in [3.05, 3.63) is 35.9 Å². The number of benzene rings is 1. The predicted molar refractivity (Wildman–Crippen MR) is 101 cm³/mol. The number of carbonyl (C=O) groups excluding carboxylic acids is 1. The molecule has 1 aliphatic rings. The minimum atomic E-state index is -0.0141. The molecule has 0 aliphatic heterocycles. The fourth-order valence-corrected chi connectivity index (χ4v) is 2.35. The first-order valence-electron chi connectivity index (χ1n) is 9.17. The molecule has 0 saturated heterocycles. The number of nitrogens with zero attached hydrogens (tertiary/aromatic N) is 1. The quantitative estimate of drug-likeness (QED) is 0.344. The molecular weight excluding hydrogens is 316 g/mol. The van der Waals surface area contributed by atoms with Crippen LogP contribution >= 0.6 is 0 Å². The maximum atomic E-state index is 11.7. The lowest BCUT2D eigenvalue weighted by Gasteiger charge is -2.14. The molecule has 0 radical (unpaired) electrons. The summed E-state index contributed by atoms with van der Waals surface area (Å²) in [5, 5.41) is 9.32. The lowest BCUT2D eigenvalue weighted by Crippen LogP contribution is -2.39. The van der Waals surface area contributed by atoms with Crippen molar-refractivity contribution in [3.63, 3.8) is 0 Å². The van der Waals surface area contributed by atoms with E-state index in [-0.39, 0.29) is 18.6 Å². The zero-order valence-corrected chi connectivity index (χ0v) is 15.3. The zero-order chi connectivity index (χ0) is 17.9. The Labute approximate surface area is 150 Å². The van der Waals surface area contributed by atoms with Gasteiger partial charge in [-0.15, -0.1) is 0 Å². The number of aliphatic imine (C=N–C) groups is 1. The number of carbonyl (C=O) groups is 1. The molecule has 25 heavy (non-hydrogen) atoms. The predicted octanol–water partition coefficient (Wildman–Crippen LogP) is 1.99. The van der Waals surface area contributed by atoms with Crippen LogP contribution in [0.2, 0.25) is 0 Å². The molecule has 0 heterocycles. The molecule has 1 aromatic rings. The van der Waals surface area contributed by atoms with Gasteiger partial charge in [-0.05, 0) is 38.7 Å². The molecule has 6 nitrogen and oxygen atoms in total. The van der Waals surface area contributed by atoms with Crippen LogP contribution in [0.25, 0.3) is 0 Å². The maximum Gasteiger partial charge on any atom is 0.242 e. The molecule has 3 N–H and O–H groups in total. The van der Waals surface area contributed by atoms with Crippen molar-refractivity contribution >= 4 is 11.9 Å². The monoisotopic (exact) mass is 346 g/mol. The average Bonchev–Trinajstić information content (AvgIpc) is 3.43. The third-order valence-electron chi connectivity index (χ3n) is 3.92. The van der Waals surface area contributed by atoms with Crippen LogP contribution in [-0.2, 0) is 9.53 Å². The van der Waals surface area contributed by atoms with E-state index < -0.39 is 0 Å². The molecular formula is C19H30N4O2. The van der Waals surface area contributed by atoms with Gasteiger partial charge >= 0.3 is 0 Å². The molecule has 6 heteroatoms. The first kappa shape index (κ1) is 19.2. The molecule has 2 rings (SSSR count). The molecule has 0 aromatic heterocycles. The Balaban J connectivity index is 1.62. The van der Waals surface area contributed by atoms with E-state index in [1.807, 2.05) is 25.1 Å². The topological polar surface area (TPSA) is 74.8 Å². The summed E-state index contributed by atoms with van der Waals surface area (Å²) in [7, 11) is 0. The van der Waals surface area contributed by atoms with E-state index in [2.05, 4.69) is 40.0 Å². The van der Waals surface area contributed by atoms with E-state index >= 15 is 0 Å². The lowest BCUT2D eigenvalue weighted by molar-refractivity contribution is -0.119. The van der Waals surface area contributed by atoms with Gasteiger partial charge in [0.2, 0.25) is 5.91 Å². The normalized spacial score (nSPS) is 15.5. The highest BCUT2D eigenvalue weighted by Gasteiger charge is 2.22. The SMILES string of the molecule is CCNC(=NCC(=O)NC1CC1)NCCCOC(C)c1ccccc1. The van der Waals surface area contributed by atoms with Gasteiger partial charge in [-0.25, -0.2) is 4.99 Å². The summed E-state index contributed by atoms with van der Waals surface area (Å²) in [4.78, 5) is 16.0. The first-order chi connectivity index (χ1) is 12.2. The van der Waals surface area contributed by atoms with Gasteiger partial charge in [0.25, 0.3) is 0 Å². The summed E-state index contributed by atoms with van der Waals surface area (Å²) in [5.41, 5.74) is 1.19. The molecule has 1 aromatic carbocycles. The van der Waals surface area contributed by atoms with E-state index in [1.165, 1.54) is 5.56 Å². The Bertz CT molecular complexity index is 544. The van der Waals surface area contributed by atoms with E-state index in [9.17, 15) is 4.79 Å². The number of ether oxygens (including phenoxy) is 1. The van der Waals surface area contributed by atoms with Crippen molar-refractivity contribution < 1.29 is 9.53 Å². The third-order valence-corrected chi connectivity index (χ3v) is 3.92. The van der Waals surface area contributed by atoms with Crippen LogP contribution in [-0.4, -0.2) is 44.1 Å². The van der Waals surface area contributed by atoms with E-state index in [1.54, 1.807) is 0 Å². The van der Waals surface area contributed by atoms with Gasteiger partial charge < -0.3 is 20.7 Å². The lowest BCUT2D eigenvalue weighted by atomic mass is 10.1. The Morgan fingerprint density at radius 1 is 1.28 bits per heavy atom. The standard InChI is InChI=1S/C19H30N4O2/c1-3-20-19(22-14-18(24)23-17-10-11-17)21-12-7-13-25-15(2)16-8-5-4-6-9-16/h4-6,8-9,15,17H,3,7,10-14H2,1-2H3,(H,23,24)(H2,20,21,22). The zero-order valence-electron chi connectivity index (χ0n) is 15.3. The van der Waals surface area contributed by atoms with E-state index in [0.717, 1.165) is 32.4 Å². The minimum Gasteiger partial charge on any atom is -0.374 e. The largest absolute Gasteiger partial charge is 0.374 e. The smallest absolute Gasteiger partial charge is 0.242 e. The second-order valence-electron chi connectivity index (χ2n) is 6.24. The summed E-state index contributed by atoms with van der Waals surface area (Å²) in [6.07, 6.45) is 3.15. The van der Waals surface area contributed by atoms with Crippen molar-refractivity contribution in [2.75, 3.05) is 26.2 Å². The molecule has 1 saturated carbocycles. The van der Waals surface area contributed by atoms with Crippen molar-refractivity contribution in [2.45, 2.75) is 45.3 Å². The Hall–Kier alpha value is -2.08. The van der Waals surface area contributed by atoms with Crippen molar-refractivity contribution in [3.8, 4) is 0 Å². The summed E-state index contributed by atoms with van der Waals surface area (Å²) in [5.74, 6) is 0.657. The van der Waals surface area contributed by atoms with Gasteiger partial charge in [-0.3, -0.25) is 4.79 Å². The molecule has 1 unspecified atom stereocenters. The van der Waals surface area contributed by atoms with Crippen LogP contribution in [0.15, 0.2) is 35.3 Å². The highest BCUT2D eigenvalue weighted by Crippen LogP contribution is 2.18. The Kier molecular flexibility index (Phi) is 8.25. The fraction of sp³-hybridized carbons (Fsp3) is 0.579. The van der Waals surface area contributed by atoms with Crippen molar-refractivity contribution in [1.82, 2.24) is 16.0 Å². The minimum absolute atomic E-state index is 0.0141. The van der Waals surface area contributed by atoms with Crippen LogP contribution in [0.1, 0.15) is 44.8 Å². The average molecular weight is 346 g/mol. The molecule has 0 bridgehead atoms. The number of nitrogens with one attached hydrogen (secondary N) is 3. The summed E-state index contributed by atoms with van der Waals surface area (Å²) >= 11 is 0. The van der Waals surface area contributed by atoms with Crippen LogP contribution in [0.4, 0.5) is 0 Å². The molecule has 1 atom stereocenters. The first-order valence-corrected chi connectivity index (χ1v) is 9.17. The van der Waals surface area contributed by atoms with Gasteiger partial charge in [-0.1, -0.05) is 30.3 Å². The highest BCUT2D eigenvalue weighted by atomic mass is 16.5.